The Balaban J connectivity index is 1.94. The SMILES string of the molecule is COCC(C)(CCO)NC(=O)CCn1cnc2ccccc21. The van der Waals surface area contributed by atoms with Crippen molar-refractivity contribution in [1.29, 1.82) is 0 Å². The predicted octanol–water partition coefficient (Wildman–Crippen LogP) is 1.33. The molecule has 0 aliphatic carbocycles. The summed E-state index contributed by atoms with van der Waals surface area (Å²) in [5.74, 6) is -0.0641. The zero-order valence-electron chi connectivity index (χ0n) is 13.1. The number of aliphatic hydroxyl groups is 1. The van der Waals surface area contributed by atoms with Gasteiger partial charge in [-0.05, 0) is 25.5 Å². The molecular formula is C16H23N3O3. The lowest BCUT2D eigenvalue weighted by molar-refractivity contribution is -0.124. The monoisotopic (exact) mass is 305 g/mol. The first-order valence-electron chi connectivity index (χ1n) is 7.39. The zero-order valence-corrected chi connectivity index (χ0v) is 13.1. The second-order valence-corrected chi connectivity index (χ2v) is 5.69. The molecule has 0 saturated carbocycles. The minimum atomic E-state index is -0.544. The highest BCUT2D eigenvalue weighted by molar-refractivity contribution is 5.78. The van der Waals surface area contributed by atoms with Crippen LogP contribution in [-0.4, -0.2) is 46.4 Å². The van der Waals surface area contributed by atoms with Crippen molar-refractivity contribution in [3.05, 3.63) is 30.6 Å². The van der Waals surface area contributed by atoms with Gasteiger partial charge in [0, 0.05) is 26.7 Å². The van der Waals surface area contributed by atoms with E-state index in [1.807, 2.05) is 35.8 Å². The molecule has 1 amide bonds. The zero-order chi connectivity index (χ0) is 16.0. The summed E-state index contributed by atoms with van der Waals surface area (Å²) in [6, 6.07) is 7.83. The van der Waals surface area contributed by atoms with E-state index in [-0.39, 0.29) is 12.5 Å². The number of carbonyl (C=O) groups excluding carboxylic acids is 1. The van der Waals surface area contributed by atoms with Gasteiger partial charge in [0.05, 0.1) is 29.5 Å². The molecule has 0 aliphatic rings. The molecule has 120 valence electrons. The average Bonchev–Trinajstić information content (AvgIpc) is 2.88. The van der Waals surface area contributed by atoms with E-state index in [4.69, 9.17) is 9.84 Å². The largest absolute Gasteiger partial charge is 0.396 e. The maximum absolute atomic E-state index is 12.2. The highest BCUT2D eigenvalue weighted by Gasteiger charge is 2.25. The standard InChI is InChI=1S/C16H23N3O3/c1-16(8-10-20,11-22-2)18-15(21)7-9-19-12-17-13-5-3-4-6-14(13)19/h3-6,12,20H,7-11H2,1-2H3,(H,18,21). The van der Waals surface area contributed by atoms with Crippen molar-refractivity contribution in [2.45, 2.75) is 31.8 Å². The van der Waals surface area contributed by atoms with Gasteiger partial charge in [0.25, 0.3) is 0 Å². The number of aliphatic hydroxyl groups excluding tert-OH is 1. The minimum absolute atomic E-state index is 0.00625. The molecule has 6 nitrogen and oxygen atoms in total. The maximum atomic E-state index is 12.2. The van der Waals surface area contributed by atoms with Gasteiger partial charge in [-0.2, -0.15) is 0 Å². The lowest BCUT2D eigenvalue weighted by Crippen LogP contribution is -2.50. The first-order chi connectivity index (χ1) is 10.6. The van der Waals surface area contributed by atoms with Crippen LogP contribution in [0.4, 0.5) is 0 Å². The molecule has 1 aromatic carbocycles. The Morgan fingerprint density at radius 3 is 2.95 bits per heavy atom. The Morgan fingerprint density at radius 1 is 1.45 bits per heavy atom. The fraction of sp³-hybridized carbons (Fsp3) is 0.500. The Morgan fingerprint density at radius 2 is 2.23 bits per heavy atom. The molecule has 0 aliphatic heterocycles. The highest BCUT2D eigenvalue weighted by Crippen LogP contribution is 2.13. The van der Waals surface area contributed by atoms with Crippen LogP contribution in [-0.2, 0) is 16.1 Å². The van der Waals surface area contributed by atoms with Crippen molar-refractivity contribution in [2.75, 3.05) is 20.3 Å². The summed E-state index contributed by atoms with van der Waals surface area (Å²) in [7, 11) is 1.58. The normalized spacial score (nSPS) is 14.0. The van der Waals surface area contributed by atoms with E-state index in [2.05, 4.69) is 10.3 Å². The number of hydrogen-bond acceptors (Lipinski definition) is 4. The van der Waals surface area contributed by atoms with E-state index >= 15 is 0 Å². The summed E-state index contributed by atoms with van der Waals surface area (Å²) < 4.78 is 7.09. The van der Waals surface area contributed by atoms with E-state index in [0.29, 0.717) is 26.0 Å². The quantitative estimate of drug-likeness (QED) is 0.771. The number of fused-ring (bicyclic) bond motifs is 1. The topological polar surface area (TPSA) is 76.4 Å². The van der Waals surface area contributed by atoms with Crippen molar-refractivity contribution < 1.29 is 14.6 Å². The van der Waals surface area contributed by atoms with Crippen LogP contribution in [0.1, 0.15) is 19.8 Å². The molecule has 0 bridgehead atoms. The lowest BCUT2D eigenvalue weighted by atomic mass is 9.99. The molecule has 1 unspecified atom stereocenters. The number of nitrogens with one attached hydrogen (secondary N) is 1. The van der Waals surface area contributed by atoms with Gasteiger partial charge in [-0.3, -0.25) is 4.79 Å². The molecule has 6 heteroatoms. The number of aromatic nitrogens is 2. The molecule has 0 saturated heterocycles. The van der Waals surface area contributed by atoms with Gasteiger partial charge in [-0.15, -0.1) is 0 Å². The summed E-state index contributed by atoms with van der Waals surface area (Å²) in [4.78, 5) is 16.5. The number of benzene rings is 1. The number of aryl methyl sites for hydroxylation is 1. The van der Waals surface area contributed by atoms with E-state index < -0.39 is 5.54 Å². The number of ether oxygens (including phenoxy) is 1. The van der Waals surface area contributed by atoms with Gasteiger partial charge < -0.3 is 19.7 Å². The van der Waals surface area contributed by atoms with Crippen LogP contribution in [0.15, 0.2) is 30.6 Å². The van der Waals surface area contributed by atoms with E-state index in [1.165, 1.54) is 0 Å². The summed E-state index contributed by atoms with van der Waals surface area (Å²) in [5.41, 5.74) is 1.40. The minimum Gasteiger partial charge on any atom is -0.396 e. The van der Waals surface area contributed by atoms with E-state index in [0.717, 1.165) is 11.0 Å². The van der Waals surface area contributed by atoms with Crippen LogP contribution >= 0.6 is 0 Å². The van der Waals surface area contributed by atoms with Gasteiger partial charge >= 0.3 is 0 Å². The van der Waals surface area contributed by atoms with Crippen LogP contribution in [0.5, 0.6) is 0 Å². The number of methoxy groups -OCH3 is 1. The Kier molecular flexibility index (Phi) is 5.51. The molecule has 1 aromatic heterocycles. The van der Waals surface area contributed by atoms with Crippen LogP contribution in [0.25, 0.3) is 11.0 Å². The molecule has 0 spiro atoms. The Labute approximate surface area is 130 Å². The predicted molar refractivity (Wildman–Crippen MR) is 84.5 cm³/mol. The number of rotatable bonds is 8. The summed E-state index contributed by atoms with van der Waals surface area (Å²) in [6.07, 6.45) is 2.56. The van der Waals surface area contributed by atoms with Crippen LogP contribution < -0.4 is 5.32 Å². The summed E-state index contributed by atoms with van der Waals surface area (Å²) in [5, 5.41) is 12.1. The van der Waals surface area contributed by atoms with Gasteiger partial charge in [0.2, 0.25) is 5.91 Å². The highest BCUT2D eigenvalue weighted by atomic mass is 16.5. The van der Waals surface area contributed by atoms with Crippen molar-refractivity contribution in [1.82, 2.24) is 14.9 Å². The number of para-hydroxylation sites is 2. The number of carbonyl (C=O) groups is 1. The molecule has 0 fully saturated rings. The molecule has 2 aromatic rings. The fourth-order valence-corrected chi connectivity index (χ4v) is 2.55. The second-order valence-electron chi connectivity index (χ2n) is 5.69. The van der Waals surface area contributed by atoms with Gasteiger partial charge in [-0.25, -0.2) is 4.98 Å². The molecule has 1 heterocycles. The molecular weight excluding hydrogens is 282 g/mol. The van der Waals surface area contributed by atoms with Crippen LogP contribution in [0.3, 0.4) is 0 Å². The third-order valence-electron chi connectivity index (χ3n) is 3.67. The van der Waals surface area contributed by atoms with Crippen molar-refractivity contribution in [3.63, 3.8) is 0 Å². The Hall–Kier alpha value is -1.92. The third-order valence-corrected chi connectivity index (χ3v) is 3.67. The van der Waals surface area contributed by atoms with Crippen molar-refractivity contribution in [2.24, 2.45) is 0 Å². The van der Waals surface area contributed by atoms with Crippen LogP contribution in [0.2, 0.25) is 0 Å². The molecule has 2 rings (SSSR count). The van der Waals surface area contributed by atoms with E-state index in [1.54, 1.807) is 13.4 Å². The van der Waals surface area contributed by atoms with Crippen molar-refractivity contribution >= 4 is 16.9 Å². The van der Waals surface area contributed by atoms with Crippen LogP contribution in [0, 0.1) is 0 Å². The van der Waals surface area contributed by atoms with Gasteiger partial charge in [0.1, 0.15) is 0 Å². The first kappa shape index (κ1) is 16.5. The second kappa shape index (κ2) is 7.38. The molecule has 22 heavy (non-hydrogen) atoms. The smallest absolute Gasteiger partial charge is 0.222 e. The van der Waals surface area contributed by atoms with Gasteiger partial charge in [0.15, 0.2) is 0 Å². The number of amides is 1. The molecule has 1 atom stereocenters. The third kappa shape index (κ3) is 4.05. The van der Waals surface area contributed by atoms with E-state index in [9.17, 15) is 4.79 Å². The number of hydrogen-bond donors (Lipinski definition) is 2. The van der Waals surface area contributed by atoms with Crippen molar-refractivity contribution in [3.8, 4) is 0 Å². The van der Waals surface area contributed by atoms with Gasteiger partial charge in [-0.1, -0.05) is 12.1 Å². The molecule has 0 radical (unpaired) electrons. The maximum Gasteiger partial charge on any atom is 0.222 e. The number of nitrogens with zero attached hydrogens (tertiary/aromatic N) is 2. The first-order valence-corrected chi connectivity index (χ1v) is 7.39. The summed E-state index contributed by atoms with van der Waals surface area (Å²) >= 11 is 0. The lowest BCUT2D eigenvalue weighted by Gasteiger charge is -2.29. The Bertz CT molecular complexity index is 618. The fourth-order valence-electron chi connectivity index (χ4n) is 2.55. The summed E-state index contributed by atoms with van der Waals surface area (Å²) in [6.45, 7) is 2.81. The average molecular weight is 305 g/mol. The molecule has 2 N–H and O–H groups in total. The number of imidazole rings is 1.